The summed E-state index contributed by atoms with van der Waals surface area (Å²) in [7, 11) is -3.14. The van der Waals surface area contributed by atoms with Gasteiger partial charge in [-0.15, -0.1) is 0 Å². The molecule has 0 bridgehead atoms. The molecule has 1 aliphatic rings. The molecule has 0 atom stereocenters. The number of hydrogen-bond acceptors (Lipinski definition) is 4. The lowest BCUT2D eigenvalue weighted by atomic mass is 10.2. The van der Waals surface area contributed by atoms with E-state index in [0.29, 0.717) is 26.2 Å². The molecule has 0 radical (unpaired) electrons. The molecule has 136 valence electrons. The van der Waals surface area contributed by atoms with Crippen molar-refractivity contribution in [2.45, 2.75) is 6.54 Å². The second-order valence-corrected chi connectivity index (χ2v) is 8.60. The summed E-state index contributed by atoms with van der Waals surface area (Å²) in [6.07, 6.45) is 1.27. The zero-order valence-electron chi connectivity index (χ0n) is 14.7. The van der Waals surface area contributed by atoms with Gasteiger partial charge in [0.1, 0.15) is 0 Å². The number of aromatic nitrogens is 2. The smallest absolute Gasteiger partial charge is 0.211 e. The van der Waals surface area contributed by atoms with Gasteiger partial charge < -0.3 is 9.47 Å². The molecule has 6 nitrogen and oxygen atoms in total. The van der Waals surface area contributed by atoms with Crippen molar-refractivity contribution in [1.82, 2.24) is 13.9 Å². The maximum Gasteiger partial charge on any atom is 0.211 e. The van der Waals surface area contributed by atoms with Crippen LogP contribution in [0.25, 0.3) is 11.0 Å². The van der Waals surface area contributed by atoms with E-state index in [4.69, 9.17) is 4.98 Å². The van der Waals surface area contributed by atoms with Crippen molar-refractivity contribution in [2.75, 3.05) is 37.3 Å². The maximum atomic E-state index is 11.8. The van der Waals surface area contributed by atoms with Crippen molar-refractivity contribution in [3.8, 4) is 0 Å². The summed E-state index contributed by atoms with van der Waals surface area (Å²) in [4.78, 5) is 7.03. The molecule has 3 aromatic rings. The number of fused-ring (bicyclic) bond motifs is 1. The molecule has 4 rings (SSSR count). The van der Waals surface area contributed by atoms with E-state index >= 15 is 0 Å². The first kappa shape index (κ1) is 17.1. The molecule has 1 fully saturated rings. The second kappa shape index (κ2) is 6.74. The average molecular weight is 370 g/mol. The van der Waals surface area contributed by atoms with Crippen LogP contribution in [0.5, 0.6) is 0 Å². The van der Waals surface area contributed by atoms with Crippen LogP contribution in [0.1, 0.15) is 5.56 Å². The highest BCUT2D eigenvalue weighted by Crippen LogP contribution is 2.25. The summed E-state index contributed by atoms with van der Waals surface area (Å²) >= 11 is 0. The van der Waals surface area contributed by atoms with E-state index in [1.165, 1.54) is 16.1 Å². The lowest BCUT2D eigenvalue weighted by Crippen LogP contribution is -2.49. The lowest BCUT2D eigenvalue weighted by molar-refractivity contribution is 0.384. The van der Waals surface area contributed by atoms with Crippen molar-refractivity contribution < 1.29 is 8.42 Å². The Hall–Kier alpha value is -2.38. The first-order chi connectivity index (χ1) is 12.5. The average Bonchev–Trinajstić information content (AvgIpc) is 3.01. The van der Waals surface area contributed by atoms with Gasteiger partial charge in [-0.05, 0) is 17.7 Å². The predicted octanol–water partition coefficient (Wildman–Crippen LogP) is 2.17. The van der Waals surface area contributed by atoms with Crippen molar-refractivity contribution in [2.24, 2.45) is 0 Å². The van der Waals surface area contributed by atoms with Gasteiger partial charge in [0, 0.05) is 26.2 Å². The predicted molar refractivity (Wildman–Crippen MR) is 104 cm³/mol. The Morgan fingerprint density at radius 3 is 2.27 bits per heavy atom. The van der Waals surface area contributed by atoms with Gasteiger partial charge in [-0.2, -0.15) is 4.31 Å². The summed E-state index contributed by atoms with van der Waals surface area (Å²) in [6.45, 7) is 3.01. The van der Waals surface area contributed by atoms with Crippen LogP contribution >= 0.6 is 0 Å². The first-order valence-electron chi connectivity index (χ1n) is 8.71. The van der Waals surface area contributed by atoms with E-state index in [9.17, 15) is 8.42 Å². The molecule has 26 heavy (non-hydrogen) atoms. The van der Waals surface area contributed by atoms with Crippen molar-refractivity contribution in [3.63, 3.8) is 0 Å². The molecular formula is C19H22N4O2S. The standard InChI is InChI=1S/C19H22N4O2S/c1-26(24,25)22-13-11-21(12-14-22)19-20-17-9-5-6-10-18(17)23(19)15-16-7-3-2-4-8-16/h2-10H,11-15H2,1H3. The molecule has 1 saturated heterocycles. The number of para-hydroxylation sites is 2. The molecule has 0 unspecified atom stereocenters. The van der Waals surface area contributed by atoms with Crippen LogP contribution in [0.2, 0.25) is 0 Å². The Balaban J connectivity index is 1.68. The number of imidazole rings is 1. The highest BCUT2D eigenvalue weighted by Gasteiger charge is 2.26. The topological polar surface area (TPSA) is 58.4 Å². The number of nitrogens with zero attached hydrogens (tertiary/aromatic N) is 4. The Kier molecular flexibility index (Phi) is 4.42. The summed E-state index contributed by atoms with van der Waals surface area (Å²) in [5.74, 6) is 0.906. The molecule has 0 amide bonds. The van der Waals surface area contributed by atoms with Crippen LogP contribution in [-0.2, 0) is 16.6 Å². The monoisotopic (exact) mass is 370 g/mol. The SMILES string of the molecule is CS(=O)(=O)N1CCN(c2nc3ccccc3n2Cc2ccccc2)CC1. The number of rotatable bonds is 4. The normalized spacial score (nSPS) is 16.3. The van der Waals surface area contributed by atoms with Crippen molar-refractivity contribution in [1.29, 1.82) is 0 Å². The Morgan fingerprint density at radius 2 is 1.58 bits per heavy atom. The van der Waals surface area contributed by atoms with Gasteiger partial charge in [0.25, 0.3) is 0 Å². The first-order valence-corrected chi connectivity index (χ1v) is 10.6. The van der Waals surface area contributed by atoms with Crippen molar-refractivity contribution >= 4 is 27.0 Å². The summed E-state index contributed by atoms with van der Waals surface area (Å²) in [5.41, 5.74) is 3.27. The summed E-state index contributed by atoms with van der Waals surface area (Å²) in [6, 6.07) is 18.4. The van der Waals surface area contributed by atoms with Gasteiger partial charge in [0.05, 0.1) is 23.8 Å². The molecule has 2 aromatic carbocycles. The van der Waals surface area contributed by atoms with Gasteiger partial charge in [-0.25, -0.2) is 13.4 Å². The number of benzene rings is 2. The second-order valence-electron chi connectivity index (χ2n) is 6.62. The number of hydrogen-bond donors (Lipinski definition) is 0. The van der Waals surface area contributed by atoms with Crippen LogP contribution in [0, 0.1) is 0 Å². The molecule has 0 N–H and O–H groups in total. The van der Waals surface area contributed by atoms with E-state index in [1.54, 1.807) is 0 Å². The van der Waals surface area contributed by atoms with Crippen LogP contribution < -0.4 is 4.90 Å². The molecule has 1 aliphatic heterocycles. The number of anilines is 1. The number of piperazine rings is 1. The maximum absolute atomic E-state index is 11.8. The number of sulfonamides is 1. The fraction of sp³-hybridized carbons (Fsp3) is 0.316. The zero-order chi connectivity index (χ0) is 18.1. The quantitative estimate of drug-likeness (QED) is 0.706. The molecule has 1 aromatic heterocycles. The van der Waals surface area contributed by atoms with E-state index < -0.39 is 10.0 Å². The van der Waals surface area contributed by atoms with Crippen LogP contribution in [-0.4, -0.2) is 54.7 Å². The highest BCUT2D eigenvalue weighted by atomic mass is 32.2. The minimum atomic E-state index is -3.14. The lowest BCUT2D eigenvalue weighted by Gasteiger charge is -2.34. The van der Waals surface area contributed by atoms with Gasteiger partial charge in [-0.3, -0.25) is 0 Å². The fourth-order valence-electron chi connectivity index (χ4n) is 3.45. The van der Waals surface area contributed by atoms with Gasteiger partial charge >= 0.3 is 0 Å². The Bertz CT molecular complexity index is 1010. The molecule has 0 spiro atoms. The minimum absolute atomic E-state index is 0.493. The summed E-state index contributed by atoms with van der Waals surface area (Å²) < 4.78 is 27.3. The molecule has 7 heteroatoms. The molecule has 0 aliphatic carbocycles. The molecular weight excluding hydrogens is 348 g/mol. The van der Waals surface area contributed by atoms with E-state index in [1.807, 2.05) is 36.4 Å². The van der Waals surface area contributed by atoms with Gasteiger partial charge in [0.15, 0.2) is 0 Å². The molecule has 2 heterocycles. The fourth-order valence-corrected chi connectivity index (χ4v) is 4.27. The van der Waals surface area contributed by atoms with Crippen molar-refractivity contribution in [3.05, 3.63) is 60.2 Å². The molecule has 0 saturated carbocycles. The van der Waals surface area contributed by atoms with Crippen LogP contribution in [0.15, 0.2) is 54.6 Å². The Labute approximate surface area is 153 Å². The third kappa shape index (κ3) is 3.32. The Morgan fingerprint density at radius 1 is 0.923 bits per heavy atom. The third-order valence-electron chi connectivity index (χ3n) is 4.81. The van der Waals surface area contributed by atoms with E-state index in [2.05, 4.69) is 27.7 Å². The largest absolute Gasteiger partial charge is 0.340 e. The minimum Gasteiger partial charge on any atom is -0.340 e. The van der Waals surface area contributed by atoms with E-state index in [-0.39, 0.29) is 0 Å². The summed E-state index contributed by atoms with van der Waals surface area (Å²) in [5, 5.41) is 0. The van der Waals surface area contributed by atoms with Gasteiger partial charge in [-0.1, -0.05) is 42.5 Å². The zero-order valence-corrected chi connectivity index (χ0v) is 15.6. The third-order valence-corrected chi connectivity index (χ3v) is 6.11. The van der Waals surface area contributed by atoms with Gasteiger partial charge in [0.2, 0.25) is 16.0 Å². The van der Waals surface area contributed by atoms with Crippen LogP contribution in [0.4, 0.5) is 5.95 Å². The van der Waals surface area contributed by atoms with E-state index in [0.717, 1.165) is 23.5 Å². The highest BCUT2D eigenvalue weighted by molar-refractivity contribution is 7.88. The van der Waals surface area contributed by atoms with Crippen LogP contribution in [0.3, 0.4) is 0 Å².